The monoisotopic (exact) mass is 383 g/mol. The molecule has 0 radical (unpaired) electrons. The average molecular weight is 383 g/mol. The molecule has 1 aliphatic heterocycles. The van der Waals surface area contributed by atoms with Crippen LogP contribution in [0.15, 0.2) is 60.8 Å². The minimum Gasteiger partial charge on any atom is -0.493 e. The maximum Gasteiger partial charge on any atom is 0.231 e. The van der Waals surface area contributed by atoms with Gasteiger partial charge in [-0.15, -0.1) is 0 Å². The van der Waals surface area contributed by atoms with Crippen LogP contribution in [0.1, 0.15) is 11.3 Å². The summed E-state index contributed by atoms with van der Waals surface area (Å²) in [5.74, 6) is 2.30. The topological polar surface area (TPSA) is 69.4 Å². The van der Waals surface area contributed by atoms with Crippen LogP contribution in [0.5, 0.6) is 17.4 Å². The Hall–Kier alpha value is -3.80. The van der Waals surface area contributed by atoms with Crippen molar-refractivity contribution < 1.29 is 14.6 Å². The van der Waals surface area contributed by atoms with Crippen LogP contribution in [0.2, 0.25) is 0 Å². The quantitative estimate of drug-likeness (QED) is 0.564. The van der Waals surface area contributed by atoms with Crippen molar-refractivity contribution in [3.63, 3.8) is 0 Å². The van der Waals surface area contributed by atoms with Gasteiger partial charge in [0.25, 0.3) is 0 Å². The van der Waals surface area contributed by atoms with E-state index in [0.29, 0.717) is 5.82 Å². The molecule has 29 heavy (non-hydrogen) atoms. The van der Waals surface area contributed by atoms with E-state index in [2.05, 4.69) is 28.3 Å². The van der Waals surface area contributed by atoms with Crippen molar-refractivity contribution in [2.24, 2.45) is 0 Å². The number of nitrogens with zero attached hydrogens (tertiary/aromatic N) is 3. The van der Waals surface area contributed by atoms with E-state index in [9.17, 15) is 5.11 Å². The summed E-state index contributed by atoms with van der Waals surface area (Å²) in [6.07, 6.45) is 3.35. The predicted molar refractivity (Wildman–Crippen MR) is 107 cm³/mol. The molecule has 1 aliphatic carbocycles. The van der Waals surface area contributed by atoms with Crippen LogP contribution < -0.4 is 9.47 Å². The summed E-state index contributed by atoms with van der Waals surface area (Å²) in [5, 5.41) is 15.5. The predicted octanol–water partition coefficient (Wildman–Crippen LogP) is 4.13. The van der Waals surface area contributed by atoms with E-state index in [1.807, 2.05) is 36.4 Å². The van der Waals surface area contributed by atoms with E-state index in [1.165, 1.54) is 10.2 Å². The van der Waals surface area contributed by atoms with Gasteiger partial charge in [-0.05, 0) is 59.4 Å². The summed E-state index contributed by atoms with van der Waals surface area (Å²) in [6, 6.07) is 17.9. The van der Waals surface area contributed by atoms with E-state index in [1.54, 1.807) is 6.20 Å². The summed E-state index contributed by atoms with van der Waals surface area (Å²) in [4.78, 5) is 4.31. The molecular weight excluding hydrogens is 366 g/mol. The third-order valence-electron chi connectivity index (χ3n) is 5.51. The number of ether oxygens (including phenoxy) is 2. The number of hydrogen-bond acceptors (Lipinski definition) is 5. The fourth-order valence-electron chi connectivity index (χ4n) is 4.10. The lowest BCUT2D eigenvalue weighted by molar-refractivity contribution is 0.174. The molecule has 2 aromatic carbocycles. The minimum absolute atomic E-state index is 0.135. The highest BCUT2D eigenvalue weighted by molar-refractivity contribution is 5.80. The van der Waals surface area contributed by atoms with Gasteiger partial charge in [0.05, 0.1) is 11.3 Å². The van der Waals surface area contributed by atoms with Gasteiger partial charge < -0.3 is 14.6 Å². The number of pyridine rings is 1. The Morgan fingerprint density at radius 3 is 2.66 bits per heavy atom. The molecule has 0 bridgehead atoms. The molecule has 6 rings (SSSR count). The normalized spacial score (nSPS) is 13.8. The number of fused-ring (bicyclic) bond motifs is 4. The van der Waals surface area contributed by atoms with E-state index < -0.39 is 0 Å². The fourth-order valence-corrected chi connectivity index (χ4v) is 4.10. The molecule has 0 saturated carbocycles. The Balaban J connectivity index is 1.43. The van der Waals surface area contributed by atoms with E-state index in [4.69, 9.17) is 9.47 Å². The molecule has 6 nitrogen and oxygen atoms in total. The van der Waals surface area contributed by atoms with Gasteiger partial charge in [-0.1, -0.05) is 30.3 Å². The van der Waals surface area contributed by atoms with Crippen LogP contribution in [0.25, 0.3) is 28.1 Å². The van der Waals surface area contributed by atoms with Crippen molar-refractivity contribution in [1.29, 1.82) is 0 Å². The van der Waals surface area contributed by atoms with Crippen molar-refractivity contribution in [3.8, 4) is 45.5 Å². The molecule has 3 heterocycles. The number of hydrogen-bond donors (Lipinski definition) is 1. The van der Waals surface area contributed by atoms with Gasteiger partial charge >= 0.3 is 0 Å². The smallest absolute Gasteiger partial charge is 0.231 e. The Labute approximate surface area is 167 Å². The van der Waals surface area contributed by atoms with Gasteiger partial charge in [0.2, 0.25) is 12.7 Å². The summed E-state index contributed by atoms with van der Waals surface area (Å²) in [6.45, 7) is 0.269. The molecule has 0 spiro atoms. The van der Waals surface area contributed by atoms with Crippen molar-refractivity contribution in [3.05, 3.63) is 72.1 Å². The molecule has 0 amide bonds. The molecule has 6 heteroatoms. The lowest BCUT2D eigenvalue weighted by Gasteiger charge is -2.17. The number of aromatic hydroxyl groups is 1. The highest BCUT2D eigenvalue weighted by atomic mass is 16.7. The molecule has 2 aliphatic rings. The minimum atomic E-state index is 0.135. The highest BCUT2D eigenvalue weighted by Gasteiger charge is 2.26. The van der Waals surface area contributed by atoms with Gasteiger partial charge in [0.1, 0.15) is 0 Å². The number of benzene rings is 2. The highest BCUT2D eigenvalue weighted by Crippen LogP contribution is 2.42. The van der Waals surface area contributed by atoms with Crippen molar-refractivity contribution in [2.45, 2.75) is 12.8 Å². The Morgan fingerprint density at radius 1 is 0.897 bits per heavy atom. The average Bonchev–Trinajstić information content (AvgIpc) is 3.38. The van der Waals surface area contributed by atoms with Crippen molar-refractivity contribution >= 4 is 0 Å². The van der Waals surface area contributed by atoms with Crippen LogP contribution in [-0.2, 0) is 12.8 Å². The summed E-state index contributed by atoms with van der Waals surface area (Å²) >= 11 is 0. The second kappa shape index (κ2) is 6.10. The van der Waals surface area contributed by atoms with Gasteiger partial charge in [0.15, 0.2) is 17.3 Å². The molecule has 0 saturated heterocycles. The Kier molecular flexibility index (Phi) is 3.41. The Morgan fingerprint density at radius 2 is 1.76 bits per heavy atom. The van der Waals surface area contributed by atoms with Gasteiger partial charge in [-0.25, -0.2) is 4.98 Å². The van der Waals surface area contributed by atoms with E-state index in [0.717, 1.165) is 52.3 Å². The molecule has 0 unspecified atom stereocenters. The first-order chi connectivity index (χ1) is 14.3. The molecule has 4 aromatic rings. The standard InChI is InChI=1S/C23H17N3O3/c27-23-22-17-7-4-14(15-6-9-19-20(12-15)29-13-28-19)11-16(17)5-8-18(22)25-26(23)21-3-1-2-10-24-21/h1-4,6-7,9-12,27H,5,8,13H2. The zero-order valence-electron chi connectivity index (χ0n) is 15.5. The largest absolute Gasteiger partial charge is 0.493 e. The summed E-state index contributed by atoms with van der Waals surface area (Å²) < 4.78 is 12.4. The van der Waals surface area contributed by atoms with Crippen LogP contribution in [0.3, 0.4) is 0 Å². The third kappa shape index (κ3) is 2.49. The number of rotatable bonds is 2. The first kappa shape index (κ1) is 16.2. The first-order valence-corrected chi connectivity index (χ1v) is 9.53. The van der Waals surface area contributed by atoms with Crippen molar-refractivity contribution in [2.75, 3.05) is 6.79 Å². The zero-order valence-corrected chi connectivity index (χ0v) is 15.5. The maximum absolute atomic E-state index is 10.9. The fraction of sp³-hybridized carbons (Fsp3) is 0.130. The van der Waals surface area contributed by atoms with Gasteiger partial charge in [-0.3, -0.25) is 0 Å². The molecule has 142 valence electrons. The third-order valence-corrected chi connectivity index (χ3v) is 5.51. The zero-order chi connectivity index (χ0) is 19.4. The number of aromatic nitrogens is 3. The second-order valence-corrected chi connectivity index (χ2v) is 7.19. The molecule has 1 N–H and O–H groups in total. The van der Waals surface area contributed by atoms with Crippen LogP contribution >= 0.6 is 0 Å². The Bertz CT molecular complexity index is 1250. The molecule has 0 fully saturated rings. The van der Waals surface area contributed by atoms with Gasteiger partial charge in [0, 0.05) is 6.20 Å². The molecular formula is C23H17N3O3. The van der Waals surface area contributed by atoms with Crippen LogP contribution in [-0.4, -0.2) is 26.7 Å². The second-order valence-electron chi connectivity index (χ2n) is 7.19. The molecule has 0 atom stereocenters. The first-order valence-electron chi connectivity index (χ1n) is 9.53. The summed E-state index contributed by atoms with van der Waals surface area (Å²) in [5.41, 5.74) is 6.11. The van der Waals surface area contributed by atoms with Gasteiger partial charge in [-0.2, -0.15) is 9.78 Å². The molecule has 2 aromatic heterocycles. The number of aryl methyl sites for hydroxylation is 2. The lowest BCUT2D eigenvalue weighted by atomic mass is 9.87. The van der Waals surface area contributed by atoms with Crippen LogP contribution in [0, 0.1) is 0 Å². The maximum atomic E-state index is 10.9. The SMILES string of the molecule is Oc1c2c(nn1-c1ccccn1)CCc1cc(-c3ccc4c(c3)OCO4)ccc1-2. The summed E-state index contributed by atoms with van der Waals surface area (Å²) in [7, 11) is 0. The van der Waals surface area contributed by atoms with Crippen LogP contribution in [0.4, 0.5) is 0 Å². The lowest BCUT2D eigenvalue weighted by Crippen LogP contribution is -2.03. The van der Waals surface area contributed by atoms with E-state index >= 15 is 0 Å². The van der Waals surface area contributed by atoms with E-state index in [-0.39, 0.29) is 12.7 Å². The van der Waals surface area contributed by atoms with Crippen molar-refractivity contribution in [1.82, 2.24) is 14.8 Å².